The number of thiazole rings is 1. The number of nitrogens with zero attached hydrogens (tertiary/aromatic N) is 3. The third-order valence-electron chi connectivity index (χ3n) is 5.43. The minimum atomic E-state index is -0.194. The fourth-order valence-corrected chi connectivity index (χ4v) is 4.32. The van der Waals surface area contributed by atoms with Crippen molar-refractivity contribution in [2.45, 2.75) is 19.9 Å². The molecule has 0 bridgehead atoms. The number of amides is 2. The third-order valence-corrected chi connectivity index (χ3v) is 6.19. The summed E-state index contributed by atoms with van der Waals surface area (Å²) in [5.74, 6) is -0.275. The van der Waals surface area contributed by atoms with Crippen molar-refractivity contribution < 1.29 is 9.59 Å². The second kappa shape index (κ2) is 8.73. The van der Waals surface area contributed by atoms with E-state index in [9.17, 15) is 9.59 Å². The molecule has 0 radical (unpaired) electrons. The van der Waals surface area contributed by atoms with Crippen molar-refractivity contribution in [3.8, 4) is 11.1 Å². The molecule has 4 rings (SSSR count). The molecule has 0 aliphatic rings. The normalized spacial score (nSPS) is 12.0. The summed E-state index contributed by atoms with van der Waals surface area (Å²) in [4.78, 5) is 32.9. The van der Waals surface area contributed by atoms with Crippen LogP contribution in [0.1, 0.15) is 33.5 Å². The van der Waals surface area contributed by atoms with Crippen molar-refractivity contribution in [2.75, 3.05) is 13.6 Å². The molecule has 4 aromatic rings. The third kappa shape index (κ3) is 4.09. The summed E-state index contributed by atoms with van der Waals surface area (Å²) >= 11 is 1.49. The van der Waals surface area contributed by atoms with Gasteiger partial charge in [-0.2, -0.15) is 0 Å². The molecular weight excluding hydrogens is 408 g/mol. The molecule has 1 atom stereocenters. The van der Waals surface area contributed by atoms with Crippen molar-refractivity contribution in [1.82, 2.24) is 19.6 Å². The van der Waals surface area contributed by atoms with Crippen LogP contribution in [-0.2, 0) is 0 Å². The first-order chi connectivity index (χ1) is 15.0. The largest absolute Gasteiger partial charge is 0.349 e. The quantitative estimate of drug-likeness (QED) is 0.495. The molecule has 2 aromatic carbocycles. The van der Waals surface area contributed by atoms with Crippen LogP contribution in [0.3, 0.4) is 0 Å². The highest BCUT2D eigenvalue weighted by Crippen LogP contribution is 2.25. The molecule has 0 fully saturated rings. The lowest BCUT2D eigenvalue weighted by Gasteiger charge is -2.26. The predicted octanol–water partition coefficient (Wildman–Crippen LogP) is 4.26. The molecule has 2 heterocycles. The fraction of sp³-hybridized carbons (Fsp3) is 0.208. The second-order valence-corrected chi connectivity index (χ2v) is 8.36. The Morgan fingerprint density at radius 2 is 1.84 bits per heavy atom. The molecule has 1 N–H and O–H groups in total. The summed E-state index contributed by atoms with van der Waals surface area (Å²) in [6.07, 6.45) is 1.84. The zero-order chi connectivity index (χ0) is 22.0. The summed E-state index contributed by atoms with van der Waals surface area (Å²) in [5, 5.41) is 4.85. The van der Waals surface area contributed by atoms with Gasteiger partial charge >= 0.3 is 0 Å². The zero-order valence-electron chi connectivity index (χ0n) is 17.7. The number of aromatic nitrogens is 2. The maximum Gasteiger partial charge on any atom is 0.270 e. The van der Waals surface area contributed by atoms with Crippen molar-refractivity contribution in [2.24, 2.45) is 0 Å². The van der Waals surface area contributed by atoms with E-state index in [0.717, 1.165) is 16.1 Å². The second-order valence-electron chi connectivity index (χ2n) is 7.49. The summed E-state index contributed by atoms with van der Waals surface area (Å²) in [7, 11) is 1.77. The molecule has 0 aliphatic heterocycles. The monoisotopic (exact) mass is 432 g/mol. The van der Waals surface area contributed by atoms with E-state index in [1.165, 1.54) is 11.3 Å². The highest BCUT2D eigenvalue weighted by atomic mass is 32.1. The Hall–Kier alpha value is -3.45. The number of rotatable bonds is 6. The molecule has 2 amide bonds. The summed E-state index contributed by atoms with van der Waals surface area (Å²) in [5.41, 5.74) is 3.76. The number of carbonyl (C=O) groups excluding carboxylic acids is 2. The lowest BCUT2D eigenvalue weighted by Crippen LogP contribution is -2.43. The van der Waals surface area contributed by atoms with E-state index < -0.39 is 0 Å². The van der Waals surface area contributed by atoms with Gasteiger partial charge in [0, 0.05) is 36.8 Å². The Labute approximate surface area is 185 Å². The van der Waals surface area contributed by atoms with Crippen LogP contribution in [-0.4, -0.2) is 45.7 Å². The Morgan fingerprint density at radius 3 is 2.61 bits per heavy atom. The van der Waals surface area contributed by atoms with Crippen molar-refractivity contribution >= 4 is 28.1 Å². The van der Waals surface area contributed by atoms with Gasteiger partial charge in [-0.1, -0.05) is 48.5 Å². The van der Waals surface area contributed by atoms with Gasteiger partial charge in [-0.25, -0.2) is 4.98 Å². The lowest BCUT2D eigenvalue weighted by molar-refractivity contribution is 0.0731. The van der Waals surface area contributed by atoms with Gasteiger partial charge in [-0.3, -0.25) is 14.0 Å². The SMILES string of the molecule is Cc1nc2sccn2c1C(=O)NC[C@@H](C)N(C)C(=O)c1ccccc1-c1ccccc1. The van der Waals surface area contributed by atoms with Crippen LogP contribution >= 0.6 is 11.3 Å². The molecule has 158 valence electrons. The Bertz CT molecular complexity index is 1230. The number of carbonyl (C=O) groups is 2. The summed E-state index contributed by atoms with van der Waals surface area (Å²) < 4.78 is 1.80. The van der Waals surface area contributed by atoms with E-state index >= 15 is 0 Å². The number of hydrogen-bond donors (Lipinski definition) is 1. The lowest BCUT2D eigenvalue weighted by atomic mass is 9.98. The maximum absolute atomic E-state index is 13.2. The number of likely N-dealkylation sites (N-methyl/N-ethyl adjacent to an activating group) is 1. The van der Waals surface area contributed by atoms with E-state index in [4.69, 9.17) is 0 Å². The molecule has 31 heavy (non-hydrogen) atoms. The Kier molecular flexibility index (Phi) is 5.86. The number of aryl methyl sites for hydroxylation is 1. The van der Waals surface area contributed by atoms with Crippen LogP contribution in [0.25, 0.3) is 16.1 Å². The summed E-state index contributed by atoms with van der Waals surface area (Å²) in [6.45, 7) is 4.09. The topological polar surface area (TPSA) is 66.7 Å². The molecule has 6 nitrogen and oxygen atoms in total. The molecule has 0 spiro atoms. The van der Waals surface area contributed by atoms with Crippen molar-refractivity contribution in [3.63, 3.8) is 0 Å². The van der Waals surface area contributed by atoms with Crippen LogP contribution in [0.15, 0.2) is 66.2 Å². The molecule has 0 saturated heterocycles. The van der Waals surface area contributed by atoms with Gasteiger partial charge in [-0.05, 0) is 31.0 Å². The van der Waals surface area contributed by atoms with Gasteiger partial charge in [0.25, 0.3) is 11.8 Å². The average molecular weight is 433 g/mol. The number of fused-ring (bicyclic) bond motifs is 1. The molecular formula is C24H24N4O2S. The number of imidazole rings is 1. The van der Waals surface area contributed by atoms with E-state index in [1.54, 1.807) is 16.3 Å². The van der Waals surface area contributed by atoms with Gasteiger partial charge in [0.1, 0.15) is 5.69 Å². The van der Waals surface area contributed by atoms with E-state index in [-0.39, 0.29) is 17.9 Å². The zero-order valence-corrected chi connectivity index (χ0v) is 18.5. The van der Waals surface area contributed by atoms with Gasteiger partial charge in [-0.15, -0.1) is 11.3 Å². The van der Waals surface area contributed by atoms with Gasteiger partial charge in [0.15, 0.2) is 4.96 Å². The number of benzene rings is 2. The van der Waals surface area contributed by atoms with Crippen LogP contribution in [0.5, 0.6) is 0 Å². The summed E-state index contributed by atoms with van der Waals surface area (Å²) in [6, 6.07) is 17.3. The van der Waals surface area contributed by atoms with Crippen LogP contribution in [0.2, 0.25) is 0 Å². The first-order valence-corrected chi connectivity index (χ1v) is 11.0. The van der Waals surface area contributed by atoms with Crippen LogP contribution in [0.4, 0.5) is 0 Å². The van der Waals surface area contributed by atoms with E-state index in [2.05, 4.69) is 10.3 Å². The Morgan fingerprint density at radius 1 is 1.13 bits per heavy atom. The van der Waals surface area contributed by atoms with E-state index in [1.807, 2.05) is 80.0 Å². The molecule has 2 aromatic heterocycles. The fourth-order valence-electron chi connectivity index (χ4n) is 3.56. The number of nitrogens with one attached hydrogen (secondary N) is 1. The minimum Gasteiger partial charge on any atom is -0.349 e. The molecule has 0 saturated carbocycles. The molecule has 7 heteroatoms. The Balaban J connectivity index is 1.47. The van der Waals surface area contributed by atoms with Crippen LogP contribution in [0, 0.1) is 6.92 Å². The smallest absolute Gasteiger partial charge is 0.270 e. The first kappa shape index (κ1) is 20.8. The predicted molar refractivity (Wildman–Crippen MR) is 124 cm³/mol. The molecule has 0 unspecified atom stereocenters. The van der Waals surface area contributed by atoms with Crippen molar-refractivity contribution in [1.29, 1.82) is 0 Å². The highest BCUT2D eigenvalue weighted by molar-refractivity contribution is 7.15. The average Bonchev–Trinajstić information content (AvgIpc) is 3.36. The van der Waals surface area contributed by atoms with Gasteiger partial charge < -0.3 is 10.2 Å². The number of hydrogen-bond acceptors (Lipinski definition) is 4. The van der Waals surface area contributed by atoms with Crippen LogP contribution < -0.4 is 5.32 Å². The minimum absolute atomic E-state index is 0.0815. The van der Waals surface area contributed by atoms with Gasteiger partial charge in [0.2, 0.25) is 0 Å². The standard InChI is InChI=1S/C24H24N4O2S/c1-16(15-25-22(29)21-17(2)26-24-28(21)13-14-31-24)27(3)23(30)20-12-8-7-11-19(20)18-9-5-4-6-10-18/h4-14,16H,15H2,1-3H3,(H,25,29)/t16-/m1/s1. The highest BCUT2D eigenvalue weighted by Gasteiger charge is 2.22. The van der Waals surface area contributed by atoms with Gasteiger partial charge in [0.05, 0.1) is 5.69 Å². The first-order valence-electron chi connectivity index (χ1n) is 10.1. The molecule has 0 aliphatic carbocycles. The van der Waals surface area contributed by atoms with E-state index in [0.29, 0.717) is 23.5 Å². The van der Waals surface area contributed by atoms with Crippen molar-refractivity contribution in [3.05, 3.63) is 83.1 Å². The maximum atomic E-state index is 13.2.